The van der Waals surface area contributed by atoms with Gasteiger partial charge < -0.3 is 5.73 Å². The molecule has 1 heteroatoms. The molecule has 4 aliphatic carbocycles. The van der Waals surface area contributed by atoms with Gasteiger partial charge in [0.1, 0.15) is 0 Å². The van der Waals surface area contributed by atoms with Gasteiger partial charge in [0.2, 0.25) is 0 Å². The molecule has 0 heterocycles. The number of nitrogens with two attached hydrogens (primary N) is 1. The van der Waals surface area contributed by atoms with E-state index in [9.17, 15) is 0 Å². The Bertz CT molecular complexity index is 528. The number of unbranched alkanes of at least 4 members (excludes halogenated alkanes) is 4. The molecule has 0 spiro atoms. The highest BCUT2D eigenvalue weighted by Crippen LogP contribution is 2.68. The maximum atomic E-state index is 6.65. The molecule has 4 aliphatic rings. The topological polar surface area (TPSA) is 26.0 Å². The summed E-state index contributed by atoms with van der Waals surface area (Å²) in [5.74, 6) is 2.02. The average molecular weight is 388 g/mol. The maximum absolute atomic E-state index is 6.65. The van der Waals surface area contributed by atoms with Crippen molar-refractivity contribution in [1.82, 2.24) is 0 Å². The normalized spacial score (nSPS) is 41.0. The summed E-state index contributed by atoms with van der Waals surface area (Å²) in [5.41, 5.74) is 9.13. The summed E-state index contributed by atoms with van der Waals surface area (Å²) in [7, 11) is 0. The molecule has 4 bridgehead atoms. The summed E-state index contributed by atoms with van der Waals surface area (Å²) < 4.78 is 0. The van der Waals surface area contributed by atoms with Crippen LogP contribution in [0.2, 0.25) is 0 Å². The van der Waals surface area contributed by atoms with E-state index in [0.29, 0.717) is 27.7 Å². The second-order valence-electron chi connectivity index (χ2n) is 12.8. The predicted molar refractivity (Wildman–Crippen MR) is 121 cm³/mol. The van der Waals surface area contributed by atoms with E-state index in [1.54, 1.807) is 0 Å². The summed E-state index contributed by atoms with van der Waals surface area (Å²) in [4.78, 5) is 0. The number of fused-ring (bicyclic) bond motifs is 4. The van der Waals surface area contributed by atoms with Gasteiger partial charge in [-0.25, -0.2) is 0 Å². The molecule has 0 saturated heterocycles. The van der Waals surface area contributed by atoms with Crippen LogP contribution in [0.15, 0.2) is 0 Å². The monoisotopic (exact) mass is 387 g/mol. The fraction of sp³-hybridized carbons (Fsp3) is 1.00. The molecule has 0 aromatic rings. The van der Waals surface area contributed by atoms with Crippen LogP contribution in [0.25, 0.3) is 0 Å². The molecular formula is C27H49N. The molecule has 0 amide bonds. The van der Waals surface area contributed by atoms with Crippen molar-refractivity contribution in [3.63, 3.8) is 0 Å². The molecule has 0 aromatic heterocycles. The smallest absolute Gasteiger partial charge is 0.00443 e. The van der Waals surface area contributed by atoms with Gasteiger partial charge in [-0.3, -0.25) is 0 Å². The van der Waals surface area contributed by atoms with Crippen molar-refractivity contribution >= 4 is 0 Å². The Morgan fingerprint density at radius 2 is 1.14 bits per heavy atom. The van der Waals surface area contributed by atoms with Crippen LogP contribution in [0.3, 0.4) is 0 Å². The summed E-state index contributed by atoms with van der Waals surface area (Å²) in [6.45, 7) is 10.2. The Morgan fingerprint density at radius 1 is 0.679 bits per heavy atom. The van der Waals surface area contributed by atoms with Crippen LogP contribution >= 0.6 is 0 Å². The number of hydrogen-bond donors (Lipinski definition) is 1. The van der Waals surface area contributed by atoms with E-state index in [2.05, 4.69) is 27.7 Å². The van der Waals surface area contributed by atoms with Crippen molar-refractivity contribution < 1.29 is 0 Å². The lowest BCUT2D eigenvalue weighted by Gasteiger charge is -2.40. The zero-order valence-corrected chi connectivity index (χ0v) is 19.6. The summed E-state index contributed by atoms with van der Waals surface area (Å²) in [5, 5.41) is 0. The summed E-state index contributed by atoms with van der Waals surface area (Å²) in [6.07, 6.45) is 23.1. The Morgan fingerprint density at radius 3 is 1.64 bits per heavy atom. The van der Waals surface area contributed by atoms with E-state index < -0.39 is 0 Å². The molecule has 4 fully saturated rings. The molecule has 0 radical (unpaired) electrons. The van der Waals surface area contributed by atoms with Gasteiger partial charge in [0.15, 0.2) is 0 Å². The fourth-order valence-corrected chi connectivity index (χ4v) is 8.98. The summed E-state index contributed by atoms with van der Waals surface area (Å²) in [6, 6.07) is 0.449. The third kappa shape index (κ3) is 3.30. The van der Waals surface area contributed by atoms with Crippen LogP contribution < -0.4 is 5.73 Å². The van der Waals surface area contributed by atoms with E-state index in [4.69, 9.17) is 5.73 Å². The number of hydrogen-bond acceptors (Lipinski definition) is 1. The molecule has 0 aliphatic heterocycles. The van der Waals surface area contributed by atoms with E-state index in [-0.39, 0.29) is 0 Å². The Balaban J connectivity index is 1.10. The van der Waals surface area contributed by atoms with Crippen molar-refractivity contribution in [3.8, 4) is 0 Å². The van der Waals surface area contributed by atoms with E-state index in [1.807, 2.05) is 0 Å². The molecule has 4 rings (SSSR count). The first kappa shape index (κ1) is 21.2. The standard InChI is InChI=1S/C27H49N/c1-24(2)21-11-16-26(24,17-12-21)15-9-7-5-6-8-10-23(28)20-27-18-13-22(14-19-27)25(27,3)4/h21-23H,5-20,28H2,1-4H3. The first-order valence-electron chi connectivity index (χ1n) is 13.0. The molecule has 0 aromatic carbocycles. The van der Waals surface area contributed by atoms with Gasteiger partial charge in [0.25, 0.3) is 0 Å². The van der Waals surface area contributed by atoms with Gasteiger partial charge >= 0.3 is 0 Å². The molecule has 4 saturated carbocycles. The second-order valence-corrected chi connectivity index (χ2v) is 12.8. The largest absolute Gasteiger partial charge is 0.328 e. The SMILES string of the molecule is CC1(C)C2CCC1(CCCCCCCC(N)CC13CCC(CC1)C3(C)C)CC2. The van der Waals surface area contributed by atoms with E-state index in [1.165, 1.54) is 103 Å². The Labute approximate surface area is 176 Å². The highest BCUT2D eigenvalue weighted by atomic mass is 14.7. The van der Waals surface area contributed by atoms with E-state index in [0.717, 1.165) is 11.8 Å². The van der Waals surface area contributed by atoms with E-state index >= 15 is 0 Å². The van der Waals surface area contributed by atoms with Gasteiger partial charge in [-0.2, -0.15) is 0 Å². The van der Waals surface area contributed by atoms with Gasteiger partial charge in [-0.05, 0) is 104 Å². The van der Waals surface area contributed by atoms with Crippen molar-refractivity contribution in [2.24, 2.45) is 39.2 Å². The lowest BCUT2D eigenvalue weighted by atomic mass is 9.66. The third-order valence-corrected chi connectivity index (χ3v) is 11.5. The molecule has 2 N–H and O–H groups in total. The molecule has 162 valence electrons. The fourth-order valence-electron chi connectivity index (χ4n) is 8.98. The zero-order chi connectivity index (χ0) is 20.0. The van der Waals surface area contributed by atoms with Crippen molar-refractivity contribution in [2.75, 3.05) is 0 Å². The van der Waals surface area contributed by atoms with Gasteiger partial charge in [-0.15, -0.1) is 0 Å². The summed E-state index contributed by atoms with van der Waals surface area (Å²) >= 11 is 0. The van der Waals surface area contributed by atoms with Crippen LogP contribution in [0.1, 0.15) is 130 Å². The van der Waals surface area contributed by atoms with Crippen molar-refractivity contribution in [2.45, 2.75) is 136 Å². The molecule has 1 unspecified atom stereocenters. The second kappa shape index (κ2) is 7.58. The average Bonchev–Trinajstić information content (AvgIpc) is 3.23. The minimum Gasteiger partial charge on any atom is -0.328 e. The lowest BCUT2D eigenvalue weighted by molar-refractivity contribution is 0.104. The first-order valence-corrected chi connectivity index (χ1v) is 13.0. The lowest BCUT2D eigenvalue weighted by Crippen LogP contribution is -2.37. The highest BCUT2D eigenvalue weighted by Gasteiger charge is 2.59. The molecule has 28 heavy (non-hydrogen) atoms. The predicted octanol–water partition coefficient (Wildman–Crippen LogP) is 7.87. The maximum Gasteiger partial charge on any atom is 0.00443 e. The van der Waals surface area contributed by atoms with Crippen molar-refractivity contribution in [1.29, 1.82) is 0 Å². The van der Waals surface area contributed by atoms with Gasteiger partial charge in [0, 0.05) is 6.04 Å². The van der Waals surface area contributed by atoms with Crippen molar-refractivity contribution in [3.05, 3.63) is 0 Å². The minimum absolute atomic E-state index is 0.449. The third-order valence-electron chi connectivity index (χ3n) is 11.5. The molecule has 1 nitrogen and oxygen atoms in total. The van der Waals surface area contributed by atoms with Crippen LogP contribution in [-0.4, -0.2) is 6.04 Å². The van der Waals surface area contributed by atoms with Gasteiger partial charge in [-0.1, -0.05) is 59.8 Å². The van der Waals surface area contributed by atoms with Crippen LogP contribution in [0.5, 0.6) is 0 Å². The molecule has 1 atom stereocenters. The zero-order valence-electron chi connectivity index (χ0n) is 19.6. The van der Waals surface area contributed by atoms with Crippen LogP contribution in [0, 0.1) is 33.5 Å². The van der Waals surface area contributed by atoms with Crippen LogP contribution in [-0.2, 0) is 0 Å². The minimum atomic E-state index is 0.449. The van der Waals surface area contributed by atoms with Crippen LogP contribution in [0.4, 0.5) is 0 Å². The Hall–Kier alpha value is -0.0400. The molecular weight excluding hydrogens is 338 g/mol. The number of rotatable bonds is 10. The Kier molecular flexibility index (Phi) is 5.74. The van der Waals surface area contributed by atoms with Gasteiger partial charge in [0.05, 0.1) is 0 Å². The first-order chi connectivity index (χ1) is 13.2. The quantitative estimate of drug-likeness (QED) is 0.379. The highest BCUT2D eigenvalue weighted by molar-refractivity contribution is 5.09.